The number of nitrogens with one attached hydrogen (secondary N) is 2. The minimum Gasteiger partial charge on any atom is -0.484 e. The summed E-state index contributed by atoms with van der Waals surface area (Å²) in [5.41, 5.74) is 3.70. The van der Waals surface area contributed by atoms with Gasteiger partial charge in [-0.15, -0.1) is 0 Å². The van der Waals surface area contributed by atoms with Crippen LogP contribution in [0.5, 0.6) is 5.75 Å². The molecule has 2 aromatic rings. The summed E-state index contributed by atoms with van der Waals surface area (Å²) in [5.74, 6) is -0.128. The van der Waals surface area contributed by atoms with Crippen molar-refractivity contribution in [2.75, 3.05) is 11.9 Å². The van der Waals surface area contributed by atoms with Gasteiger partial charge in [0.05, 0.1) is 0 Å². The van der Waals surface area contributed by atoms with Crippen molar-refractivity contribution in [3.05, 3.63) is 64.7 Å². The van der Waals surface area contributed by atoms with Gasteiger partial charge in [-0.1, -0.05) is 37.5 Å². The molecule has 2 aromatic carbocycles. The van der Waals surface area contributed by atoms with Gasteiger partial charge in [-0.25, -0.2) is 0 Å². The molecule has 0 aromatic heterocycles. The van der Waals surface area contributed by atoms with Crippen molar-refractivity contribution in [1.82, 2.24) is 5.32 Å². The number of rotatable bonds is 7. The van der Waals surface area contributed by atoms with Crippen LogP contribution in [0.4, 0.5) is 5.69 Å². The predicted octanol–water partition coefficient (Wildman–Crippen LogP) is 4.68. The van der Waals surface area contributed by atoms with Crippen molar-refractivity contribution >= 4 is 23.6 Å². The molecule has 6 heteroatoms. The lowest BCUT2D eigenvalue weighted by Crippen LogP contribution is -2.36. The Hall–Kier alpha value is -3.59. The Bertz CT molecular complexity index is 1050. The molecule has 1 fully saturated rings. The van der Waals surface area contributed by atoms with Gasteiger partial charge in [-0.2, -0.15) is 5.26 Å². The molecule has 2 N–H and O–H groups in total. The van der Waals surface area contributed by atoms with Crippen LogP contribution in [-0.4, -0.2) is 24.5 Å². The maximum absolute atomic E-state index is 12.5. The smallest absolute Gasteiger partial charge is 0.262 e. The maximum atomic E-state index is 12.5. The lowest BCUT2D eigenvalue weighted by Gasteiger charge is -2.22. The standard InChI is InChI=1S/C26H29N3O3/c1-18-11-12-23(13-19(18)2)28-25(30)17-32-24-10-6-7-20(15-24)14-21(16-27)26(31)29-22-8-4-3-5-9-22/h6-7,10-15,22H,3-5,8-9,17H2,1-2H3,(H,28,30)(H,29,31)/b21-14+. The van der Waals surface area contributed by atoms with E-state index in [0.29, 0.717) is 11.3 Å². The van der Waals surface area contributed by atoms with E-state index < -0.39 is 0 Å². The zero-order valence-electron chi connectivity index (χ0n) is 18.6. The highest BCUT2D eigenvalue weighted by Gasteiger charge is 2.18. The number of anilines is 1. The highest BCUT2D eigenvalue weighted by Crippen LogP contribution is 2.19. The summed E-state index contributed by atoms with van der Waals surface area (Å²) in [7, 11) is 0. The number of nitrogens with zero attached hydrogens (tertiary/aromatic N) is 1. The largest absolute Gasteiger partial charge is 0.484 e. The summed E-state index contributed by atoms with van der Waals surface area (Å²) < 4.78 is 5.61. The Labute approximate surface area is 189 Å². The molecule has 1 aliphatic carbocycles. The SMILES string of the molecule is Cc1ccc(NC(=O)COc2cccc(/C=C(\C#N)C(=O)NC3CCCCC3)c2)cc1C. The van der Waals surface area contributed by atoms with E-state index in [4.69, 9.17) is 4.74 Å². The number of hydrogen-bond donors (Lipinski definition) is 2. The lowest BCUT2D eigenvalue weighted by atomic mass is 9.95. The van der Waals surface area contributed by atoms with E-state index in [2.05, 4.69) is 10.6 Å². The van der Waals surface area contributed by atoms with Gasteiger partial charge in [0.15, 0.2) is 6.61 Å². The number of hydrogen-bond acceptors (Lipinski definition) is 4. The van der Waals surface area contributed by atoms with Crippen LogP contribution >= 0.6 is 0 Å². The summed E-state index contributed by atoms with van der Waals surface area (Å²) in [6.07, 6.45) is 6.86. The molecule has 32 heavy (non-hydrogen) atoms. The van der Waals surface area contributed by atoms with E-state index in [1.165, 1.54) is 6.42 Å². The number of ether oxygens (including phenoxy) is 1. The van der Waals surface area contributed by atoms with Crippen LogP contribution in [0.25, 0.3) is 6.08 Å². The van der Waals surface area contributed by atoms with Crippen LogP contribution < -0.4 is 15.4 Å². The third-order valence-electron chi connectivity index (χ3n) is 5.64. The Morgan fingerprint density at radius 2 is 1.88 bits per heavy atom. The van der Waals surface area contributed by atoms with Gasteiger partial charge < -0.3 is 15.4 Å². The van der Waals surface area contributed by atoms with Gasteiger partial charge in [0.2, 0.25) is 0 Å². The average molecular weight is 432 g/mol. The minimum atomic E-state index is -0.349. The maximum Gasteiger partial charge on any atom is 0.262 e. The second-order valence-electron chi connectivity index (χ2n) is 8.19. The number of amides is 2. The molecule has 2 amide bonds. The van der Waals surface area contributed by atoms with Crippen molar-refractivity contribution in [1.29, 1.82) is 5.26 Å². The van der Waals surface area contributed by atoms with Gasteiger partial charge in [-0.3, -0.25) is 9.59 Å². The molecule has 1 aliphatic rings. The first-order valence-corrected chi connectivity index (χ1v) is 11.0. The average Bonchev–Trinajstić information content (AvgIpc) is 2.79. The summed E-state index contributed by atoms with van der Waals surface area (Å²) >= 11 is 0. The van der Waals surface area contributed by atoms with Crippen LogP contribution in [0.15, 0.2) is 48.0 Å². The van der Waals surface area contributed by atoms with Gasteiger partial charge in [0, 0.05) is 11.7 Å². The van der Waals surface area contributed by atoms with Gasteiger partial charge >= 0.3 is 0 Å². The Kier molecular flexibility index (Phi) is 8.04. The molecule has 0 saturated heterocycles. The second-order valence-corrected chi connectivity index (χ2v) is 8.19. The van der Waals surface area contributed by atoms with Crippen LogP contribution in [0.1, 0.15) is 48.8 Å². The summed E-state index contributed by atoms with van der Waals surface area (Å²) in [4.78, 5) is 24.7. The molecule has 1 saturated carbocycles. The quantitative estimate of drug-likeness (QED) is 0.492. The molecule has 0 spiro atoms. The number of carbonyl (C=O) groups excluding carboxylic acids is 2. The molecule has 6 nitrogen and oxygen atoms in total. The highest BCUT2D eigenvalue weighted by molar-refractivity contribution is 6.01. The first kappa shape index (κ1) is 23.1. The van der Waals surface area contributed by atoms with Crippen molar-refractivity contribution in [2.45, 2.75) is 52.0 Å². The Morgan fingerprint density at radius 1 is 1.09 bits per heavy atom. The van der Waals surface area contributed by atoms with Gasteiger partial charge in [0.25, 0.3) is 11.8 Å². The third-order valence-corrected chi connectivity index (χ3v) is 5.64. The van der Waals surface area contributed by atoms with E-state index in [1.54, 1.807) is 30.3 Å². The van der Waals surface area contributed by atoms with E-state index in [9.17, 15) is 14.9 Å². The number of benzene rings is 2. The fourth-order valence-corrected chi connectivity index (χ4v) is 3.68. The summed E-state index contributed by atoms with van der Waals surface area (Å²) in [6.45, 7) is 3.86. The Balaban J connectivity index is 1.58. The first-order valence-electron chi connectivity index (χ1n) is 11.0. The van der Waals surface area contributed by atoms with Gasteiger partial charge in [-0.05, 0) is 73.7 Å². The fourth-order valence-electron chi connectivity index (χ4n) is 3.68. The van der Waals surface area contributed by atoms with E-state index in [1.807, 2.05) is 38.1 Å². The van der Waals surface area contributed by atoms with Crippen LogP contribution in [-0.2, 0) is 9.59 Å². The zero-order chi connectivity index (χ0) is 22.9. The third kappa shape index (κ3) is 6.71. The van der Waals surface area contributed by atoms with Crippen molar-refractivity contribution in [3.63, 3.8) is 0 Å². The van der Waals surface area contributed by atoms with E-state index in [-0.39, 0.29) is 30.0 Å². The van der Waals surface area contributed by atoms with E-state index >= 15 is 0 Å². The van der Waals surface area contributed by atoms with Crippen LogP contribution in [0.3, 0.4) is 0 Å². The van der Waals surface area contributed by atoms with Crippen molar-refractivity contribution in [2.24, 2.45) is 0 Å². The topological polar surface area (TPSA) is 91.2 Å². The molecule has 166 valence electrons. The fraction of sp³-hybridized carbons (Fsp3) is 0.346. The number of aryl methyl sites for hydroxylation is 2. The highest BCUT2D eigenvalue weighted by atomic mass is 16.5. The summed E-state index contributed by atoms with van der Waals surface area (Å²) in [6, 6.07) is 14.8. The van der Waals surface area contributed by atoms with Crippen molar-refractivity contribution < 1.29 is 14.3 Å². The number of nitriles is 1. The molecular weight excluding hydrogens is 402 g/mol. The number of carbonyl (C=O) groups is 2. The van der Waals surface area contributed by atoms with Crippen LogP contribution in [0.2, 0.25) is 0 Å². The second kappa shape index (κ2) is 11.1. The molecule has 0 aliphatic heterocycles. The summed E-state index contributed by atoms with van der Waals surface area (Å²) in [5, 5.41) is 15.2. The van der Waals surface area contributed by atoms with Crippen LogP contribution in [0, 0.1) is 25.2 Å². The predicted molar refractivity (Wildman–Crippen MR) is 125 cm³/mol. The minimum absolute atomic E-state index is 0.0557. The normalized spacial score (nSPS) is 14.3. The molecule has 0 bridgehead atoms. The van der Waals surface area contributed by atoms with Gasteiger partial charge in [0.1, 0.15) is 17.4 Å². The van der Waals surface area contributed by atoms with E-state index in [0.717, 1.165) is 42.5 Å². The monoisotopic (exact) mass is 431 g/mol. The molecule has 0 unspecified atom stereocenters. The first-order chi connectivity index (χ1) is 15.4. The molecular formula is C26H29N3O3. The molecule has 0 atom stereocenters. The van der Waals surface area contributed by atoms with Crippen molar-refractivity contribution in [3.8, 4) is 11.8 Å². The molecule has 0 heterocycles. The Morgan fingerprint density at radius 3 is 2.59 bits per heavy atom. The molecule has 3 rings (SSSR count). The lowest BCUT2D eigenvalue weighted by molar-refractivity contribution is -0.118. The molecule has 0 radical (unpaired) electrons. The zero-order valence-corrected chi connectivity index (χ0v) is 18.6.